The molecule has 0 radical (unpaired) electrons. The number of nitrogens with one attached hydrogen (secondary N) is 1. The van der Waals surface area contributed by atoms with Gasteiger partial charge >= 0.3 is 0 Å². The van der Waals surface area contributed by atoms with Gasteiger partial charge in [0.05, 0.1) is 28.6 Å². The molecule has 0 bridgehead atoms. The lowest BCUT2D eigenvalue weighted by Crippen LogP contribution is -2.30. The van der Waals surface area contributed by atoms with Gasteiger partial charge in [-0.1, -0.05) is 37.0 Å². The molecule has 5 nitrogen and oxygen atoms in total. The molecule has 1 atom stereocenters. The van der Waals surface area contributed by atoms with E-state index >= 15 is 0 Å². The highest BCUT2D eigenvalue weighted by Gasteiger charge is 2.10. The molecule has 0 aliphatic carbocycles. The first-order valence-electron chi connectivity index (χ1n) is 8.82. The minimum Gasteiger partial charge on any atom is -0.380 e. The average Bonchev–Trinajstić information content (AvgIpc) is 3.33. The minimum absolute atomic E-state index is 0.314. The summed E-state index contributed by atoms with van der Waals surface area (Å²) in [5.41, 5.74) is 7.20. The maximum absolute atomic E-state index is 6.07. The molecule has 3 aromatic rings. The summed E-state index contributed by atoms with van der Waals surface area (Å²) in [5.74, 6) is 0. The van der Waals surface area contributed by atoms with E-state index in [1.165, 1.54) is 0 Å². The van der Waals surface area contributed by atoms with Gasteiger partial charge in [-0.05, 0) is 12.8 Å². The highest BCUT2D eigenvalue weighted by Crippen LogP contribution is 2.35. The summed E-state index contributed by atoms with van der Waals surface area (Å²) < 4.78 is 6.07. The quantitative estimate of drug-likeness (QED) is 0.495. The average molecular weight is 447 g/mol. The van der Waals surface area contributed by atoms with Gasteiger partial charge in [0.2, 0.25) is 0 Å². The SMILES string of the molecule is CC.Clc1cc(NCc2nccs2)c2scc(Cl)c2n1.NC1CCCOC1. The Hall–Kier alpha value is -0.960. The molecular formula is C18H24Cl2N4OS2. The van der Waals surface area contributed by atoms with Crippen LogP contribution < -0.4 is 11.1 Å². The van der Waals surface area contributed by atoms with E-state index in [4.69, 9.17) is 33.7 Å². The van der Waals surface area contributed by atoms with E-state index in [9.17, 15) is 0 Å². The Morgan fingerprint density at radius 2 is 2.15 bits per heavy atom. The van der Waals surface area contributed by atoms with Crippen LogP contribution in [-0.4, -0.2) is 29.2 Å². The van der Waals surface area contributed by atoms with Crippen molar-refractivity contribution in [3.05, 3.63) is 38.2 Å². The fraction of sp³-hybridized carbons (Fsp3) is 0.444. The third-order valence-corrected chi connectivity index (χ3v) is 5.95. The molecule has 0 saturated carbocycles. The van der Waals surface area contributed by atoms with Gasteiger partial charge in [0, 0.05) is 35.7 Å². The molecule has 4 heterocycles. The van der Waals surface area contributed by atoms with E-state index in [2.05, 4.69) is 15.3 Å². The predicted molar refractivity (Wildman–Crippen MR) is 118 cm³/mol. The summed E-state index contributed by atoms with van der Waals surface area (Å²) >= 11 is 15.2. The van der Waals surface area contributed by atoms with Crippen LogP contribution in [0.2, 0.25) is 10.2 Å². The van der Waals surface area contributed by atoms with Gasteiger partial charge in [-0.15, -0.1) is 22.7 Å². The van der Waals surface area contributed by atoms with Crippen molar-refractivity contribution in [2.24, 2.45) is 5.73 Å². The van der Waals surface area contributed by atoms with Gasteiger partial charge in [0.15, 0.2) is 0 Å². The zero-order chi connectivity index (χ0) is 19.6. The van der Waals surface area contributed by atoms with Crippen LogP contribution in [0.3, 0.4) is 0 Å². The molecule has 27 heavy (non-hydrogen) atoms. The monoisotopic (exact) mass is 446 g/mol. The third kappa shape index (κ3) is 6.85. The highest BCUT2D eigenvalue weighted by atomic mass is 35.5. The second kappa shape index (κ2) is 11.8. The number of halogens is 2. The standard InChI is InChI=1S/C11H7Cl2N3S2.C5H11NO.C2H6/c12-6-5-18-11-7(3-8(13)16-10(6)11)15-4-9-14-1-2-17-9;6-5-2-1-3-7-4-5;1-2/h1-3,5H,4H2,(H,15,16);5H,1-4,6H2;1-2H3. The second-order valence-corrected chi connectivity index (χ2v) is 8.16. The van der Waals surface area contributed by atoms with E-state index in [1.54, 1.807) is 28.9 Å². The number of pyridine rings is 1. The molecule has 0 aromatic carbocycles. The molecule has 0 amide bonds. The summed E-state index contributed by atoms with van der Waals surface area (Å²) in [6.07, 6.45) is 4.07. The molecule has 148 valence electrons. The molecule has 1 fully saturated rings. The minimum atomic E-state index is 0.314. The van der Waals surface area contributed by atoms with Gasteiger partial charge in [-0.2, -0.15) is 0 Å². The van der Waals surface area contributed by atoms with Crippen LogP contribution in [0, 0.1) is 0 Å². The van der Waals surface area contributed by atoms with Crippen LogP contribution in [0.5, 0.6) is 0 Å². The summed E-state index contributed by atoms with van der Waals surface area (Å²) in [4.78, 5) is 8.46. The van der Waals surface area contributed by atoms with Gasteiger partial charge < -0.3 is 15.8 Å². The lowest BCUT2D eigenvalue weighted by atomic mass is 10.1. The molecule has 1 aliphatic rings. The first-order valence-corrected chi connectivity index (χ1v) is 11.3. The van der Waals surface area contributed by atoms with Crippen molar-refractivity contribution < 1.29 is 4.74 Å². The number of hydrogen-bond acceptors (Lipinski definition) is 7. The van der Waals surface area contributed by atoms with Crippen LogP contribution in [-0.2, 0) is 11.3 Å². The Bertz CT molecular complexity index is 805. The summed E-state index contributed by atoms with van der Waals surface area (Å²) in [7, 11) is 0. The van der Waals surface area contributed by atoms with Crippen molar-refractivity contribution in [3.8, 4) is 0 Å². The number of thiazole rings is 1. The van der Waals surface area contributed by atoms with Crippen molar-refractivity contribution in [1.29, 1.82) is 0 Å². The van der Waals surface area contributed by atoms with E-state index in [-0.39, 0.29) is 0 Å². The fourth-order valence-electron chi connectivity index (χ4n) is 2.36. The van der Waals surface area contributed by atoms with Crippen LogP contribution in [0.4, 0.5) is 5.69 Å². The largest absolute Gasteiger partial charge is 0.380 e. The van der Waals surface area contributed by atoms with Crippen molar-refractivity contribution in [2.45, 2.75) is 39.3 Å². The number of fused-ring (bicyclic) bond motifs is 1. The van der Waals surface area contributed by atoms with E-state index in [1.807, 2.05) is 30.7 Å². The number of hydrogen-bond donors (Lipinski definition) is 2. The lowest BCUT2D eigenvalue weighted by molar-refractivity contribution is 0.0822. The zero-order valence-corrected chi connectivity index (χ0v) is 18.5. The number of aromatic nitrogens is 2. The highest BCUT2D eigenvalue weighted by molar-refractivity contribution is 7.18. The van der Waals surface area contributed by atoms with E-state index in [0.717, 1.165) is 47.0 Å². The topological polar surface area (TPSA) is 73.1 Å². The molecular weight excluding hydrogens is 423 g/mol. The van der Waals surface area contributed by atoms with E-state index < -0.39 is 0 Å². The summed E-state index contributed by atoms with van der Waals surface area (Å²) in [6.45, 7) is 6.34. The fourth-order valence-corrected chi connectivity index (χ4v) is 4.29. The molecule has 3 N–H and O–H groups in total. The van der Waals surface area contributed by atoms with Gasteiger partial charge in [-0.3, -0.25) is 0 Å². The predicted octanol–water partition coefficient (Wildman–Crippen LogP) is 5.82. The summed E-state index contributed by atoms with van der Waals surface area (Å²) in [6, 6.07) is 2.12. The molecule has 1 unspecified atom stereocenters. The molecule has 1 saturated heterocycles. The lowest BCUT2D eigenvalue weighted by Gasteiger charge is -2.16. The molecule has 1 aliphatic heterocycles. The van der Waals surface area contributed by atoms with Crippen molar-refractivity contribution in [1.82, 2.24) is 9.97 Å². The number of nitrogens with zero attached hydrogens (tertiary/aromatic N) is 2. The first kappa shape index (κ1) is 22.3. The maximum atomic E-state index is 6.07. The van der Waals surface area contributed by atoms with Gasteiger partial charge in [0.25, 0.3) is 0 Å². The normalized spacial score (nSPS) is 16.1. The third-order valence-electron chi connectivity index (χ3n) is 3.56. The van der Waals surface area contributed by atoms with Gasteiger partial charge in [-0.25, -0.2) is 9.97 Å². The summed E-state index contributed by atoms with van der Waals surface area (Å²) in [5, 5.41) is 9.23. The van der Waals surface area contributed by atoms with Crippen molar-refractivity contribution in [2.75, 3.05) is 18.5 Å². The smallest absolute Gasteiger partial charge is 0.131 e. The molecule has 4 rings (SSSR count). The first-order chi connectivity index (χ1) is 13.1. The van der Waals surface area contributed by atoms with Crippen LogP contribution in [0.15, 0.2) is 23.0 Å². The number of anilines is 1. The maximum Gasteiger partial charge on any atom is 0.131 e. The van der Waals surface area contributed by atoms with Crippen molar-refractivity contribution >= 4 is 61.8 Å². The molecule has 0 spiro atoms. The molecule has 3 aromatic heterocycles. The van der Waals surface area contributed by atoms with Gasteiger partial charge in [0.1, 0.15) is 15.7 Å². The van der Waals surface area contributed by atoms with Crippen LogP contribution >= 0.6 is 45.9 Å². The Kier molecular flexibility index (Phi) is 9.75. The van der Waals surface area contributed by atoms with E-state index in [0.29, 0.717) is 22.8 Å². The number of rotatable bonds is 3. The second-order valence-electron chi connectivity index (χ2n) is 5.51. The Morgan fingerprint density at radius 1 is 1.33 bits per heavy atom. The zero-order valence-electron chi connectivity index (χ0n) is 15.4. The van der Waals surface area contributed by atoms with Crippen molar-refractivity contribution in [3.63, 3.8) is 0 Å². The Balaban J connectivity index is 0.000000244. The number of nitrogens with two attached hydrogens (primary N) is 1. The number of ether oxygens (including phenoxy) is 1. The molecule has 9 heteroatoms. The Labute approximate surface area is 177 Å². The van der Waals surface area contributed by atoms with Crippen LogP contribution in [0.25, 0.3) is 10.2 Å². The van der Waals surface area contributed by atoms with Crippen LogP contribution in [0.1, 0.15) is 31.7 Å². The number of thiophene rings is 1. The Morgan fingerprint density at radius 3 is 2.74 bits per heavy atom.